The summed E-state index contributed by atoms with van der Waals surface area (Å²) in [5.74, 6) is 2.92. The summed E-state index contributed by atoms with van der Waals surface area (Å²) < 4.78 is 0. The molecule has 2 atom stereocenters. The fourth-order valence-corrected chi connectivity index (χ4v) is 5.16. The monoisotopic (exact) mass is 336 g/mol. The summed E-state index contributed by atoms with van der Waals surface area (Å²) in [4.78, 5) is 9.88. The molecule has 1 aromatic heterocycles. The Bertz CT molecular complexity index is 699. The maximum atomic E-state index is 10.1. The maximum Gasteiger partial charge on any atom is 0.129 e. The zero-order valence-electron chi connectivity index (χ0n) is 15.2. The largest absolute Gasteiger partial charge is 0.356 e. The van der Waals surface area contributed by atoms with E-state index < -0.39 is 0 Å². The van der Waals surface area contributed by atoms with E-state index in [1.807, 2.05) is 0 Å². The van der Waals surface area contributed by atoms with Crippen LogP contribution in [0.25, 0.3) is 0 Å². The van der Waals surface area contributed by atoms with E-state index >= 15 is 0 Å². The van der Waals surface area contributed by atoms with Gasteiger partial charge in [0.2, 0.25) is 0 Å². The third kappa shape index (κ3) is 2.64. The Morgan fingerprint density at radius 1 is 1.16 bits per heavy atom. The lowest BCUT2D eigenvalue weighted by molar-refractivity contribution is 0.0854. The number of pyridine rings is 1. The molecule has 2 aliphatic heterocycles. The average molecular weight is 336 g/mol. The van der Waals surface area contributed by atoms with Gasteiger partial charge in [0.25, 0.3) is 0 Å². The molecule has 0 N–H and O–H groups in total. The second-order valence-corrected chi connectivity index (χ2v) is 8.83. The highest BCUT2D eigenvalue weighted by molar-refractivity contribution is 5.49. The normalized spacial score (nSPS) is 31.3. The summed E-state index contributed by atoms with van der Waals surface area (Å²) in [7, 11) is 0. The molecule has 0 amide bonds. The van der Waals surface area contributed by atoms with Gasteiger partial charge in [-0.25, -0.2) is 4.98 Å². The van der Waals surface area contributed by atoms with Crippen molar-refractivity contribution in [2.24, 2.45) is 11.8 Å². The predicted octanol–water partition coefficient (Wildman–Crippen LogP) is 3.26. The van der Waals surface area contributed by atoms with Gasteiger partial charge in [-0.3, -0.25) is 0 Å². The van der Waals surface area contributed by atoms with Gasteiger partial charge in [0, 0.05) is 37.9 Å². The lowest BCUT2D eigenvalue weighted by Crippen LogP contribution is -2.48. The molecule has 0 spiro atoms. The number of piperidine rings is 2. The Morgan fingerprint density at radius 3 is 2.48 bits per heavy atom. The van der Waals surface area contributed by atoms with Gasteiger partial charge in [0.1, 0.15) is 5.82 Å². The van der Waals surface area contributed by atoms with Crippen LogP contribution in [0, 0.1) is 30.1 Å². The first-order chi connectivity index (χ1) is 12.2. The van der Waals surface area contributed by atoms with Crippen molar-refractivity contribution in [1.82, 2.24) is 9.88 Å². The van der Waals surface area contributed by atoms with Crippen molar-refractivity contribution in [3.05, 3.63) is 23.4 Å². The minimum Gasteiger partial charge on any atom is -0.356 e. The van der Waals surface area contributed by atoms with Crippen molar-refractivity contribution < 1.29 is 0 Å². The Balaban J connectivity index is 1.39. The number of nitrogens with zero attached hydrogens (tertiary/aromatic N) is 4. The van der Waals surface area contributed by atoms with Crippen LogP contribution in [0.1, 0.15) is 49.8 Å². The third-order valence-corrected chi connectivity index (χ3v) is 7.25. The highest BCUT2D eigenvalue weighted by Crippen LogP contribution is 2.46. The lowest BCUT2D eigenvalue weighted by atomic mass is 9.73. The molecule has 132 valence electrons. The van der Waals surface area contributed by atoms with Crippen molar-refractivity contribution >= 4 is 5.82 Å². The summed E-state index contributed by atoms with van der Waals surface area (Å²) in [6.07, 6.45) is 7.44. The molecule has 0 bridgehead atoms. The minimum absolute atomic E-state index is 0.314. The number of likely N-dealkylation sites (tertiary alicyclic amines) is 1. The quantitative estimate of drug-likeness (QED) is 0.850. The van der Waals surface area contributed by atoms with Crippen LogP contribution >= 0.6 is 0 Å². The van der Waals surface area contributed by atoms with Crippen molar-refractivity contribution in [3.63, 3.8) is 0 Å². The van der Waals surface area contributed by atoms with E-state index in [2.05, 4.69) is 34.9 Å². The molecule has 2 saturated carbocycles. The van der Waals surface area contributed by atoms with Gasteiger partial charge >= 0.3 is 0 Å². The molecule has 5 rings (SSSR count). The number of aryl methyl sites for hydroxylation is 1. The Morgan fingerprint density at radius 2 is 1.88 bits per heavy atom. The highest BCUT2D eigenvalue weighted by atomic mass is 15.2. The minimum atomic E-state index is -0.314. The van der Waals surface area contributed by atoms with Crippen LogP contribution in [-0.2, 0) is 5.41 Å². The average Bonchev–Trinajstić information content (AvgIpc) is 3.19. The van der Waals surface area contributed by atoms with Crippen LogP contribution in [0.15, 0.2) is 12.1 Å². The molecule has 2 unspecified atom stereocenters. The first-order valence-corrected chi connectivity index (χ1v) is 10.1. The number of rotatable bonds is 3. The molecule has 25 heavy (non-hydrogen) atoms. The van der Waals surface area contributed by atoms with Crippen molar-refractivity contribution in [3.8, 4) is 6.07 Å². The van der Waals surface area contributed by atoms with Crippen LogP contribution in [0.5, 0.6) is 0 Å². The van der Waals surface area contributed by atoms with E-state index in [1.54, 1.807) is 0 Å². The van der Waals surface area contributed by atoms with Gasteiger partial charge in [-0.2, -0.15) is 5.26 Å². The standard InChI is InChI=1S/C21H28N4/c1-15-9-18(11-20(23-15)25-12-16-10-17(16)13-25)21(14-22)5-7-24(8-6-21)19-3-2-4-19/h9,11,16-17,19H,2-8,10,12-13H2,1H3. The molecule has 0 aromatic carbocycles. The summed E-state index contributed by atoms with van der Waals surface area (Å²) in [5.41, 5.74) is 1.96. The van der Waals surface area contributed by atoms with E-state index in [9.17, 15) is 5.26 Å². The molecule has 3 heterocycles. The lowest BCUT2D eigenvalue weighted by Gasteiger charge is -2.44. The van der Waals surface area contributed by atoms with Gasteiger partial charge < -0.3 is 9.80 Å². The van der Waals surface area contributed by atoms with Crippen LogP contribution in [0.2, 0.25) is 0 Å². The third-order valence-electron chi connectivity index (χ3n) is 7.25. The number of fused-ring (bicyclic) bond motifs is 1. The predicted molar refractivity (Wildman–Crippen MR) is 98.5 cm³/mol. The van der Waals surface area contributed by atoms with Gasteiger partial charge in [0.15, 0.2) is 0 Å². The van der Waals surface area contributed by atoms with Crippen LogP contribution in [-0.4, -0.2) is 42.1 Å². The summed E-state index contributed by atoms with van der Waals surface area (Å²) in [5, 5.41) is 10.1. The summed E-state index contributed by atoms with van der Waals surface area (Å²) in [6.45, 7) is 6.55. The maximum absolute atomic E-state index is 10.1. The topological polar surface area (TPSA) is 43.2 Å². The van der Waals surface area contributed by atoms with Gasteiger partial charge in [-0.15, -0.1) is 0 Å². The van der Waals surface area contributed by atoms with Gasteiger partial charge in [0.05, 0.1) is 11.5 Å². The Hall–Kier alpha value is -1.60. The van der Waals surface area contributed by atoms with Gasteiger partial charge in [-0.1, -0.05) is 6.42 Å². The van der Waals surface area contributed by atoms with Crippen LogP contribution in [0.3, 0.4) is 0 Å². The van der Waals surface area contributed by atoms with Crippen LogP contribution in [0.4, 0.5) is 5.82 Å². The van der Waals surface area contributed by atoms with Crippen molar-refractivity contribution in [2.75, 3.05) is 31.1 Å². The number of anilines is 1. The first kappa shape index (κ1) is 15.6. The van der Waals surface area contributed by atoms with Gasteiger partial charge in [-0.05, 0) is 68.6 Å². The van der Waals surface area contributed by atoms with E-state index in [1.165, 1.54) is 31.2 Å². The van der Waals surface area contributed by atoms with E-state index in [-0.39, 0.29) is 5.41 Å². The molecule has 4 heteroatoms. The molecule has 4 aliphatic rings. The molecule has 2 aliphatic carbocycles. The van der Waals surface area contributed by atoms with Crippen LogP contribution < -0.4 is 4.90 Å². The smallest absolute Gasteiger partial charge is 0.129 e. The van der Waals surface area contributed by atoms with Crippen molar-refractivity contribution in [1.29, 1.82) is 5.26 Å². The molecule has 0 radical (unpaired) electrons. The fraction of sp³-hybridized carbons (Fsp3) is 0.714. The molecular formula is C21H28N4. The number of aromatic nitrogens is 1. The molecule has 1 aromatic rings. The molecule has 4 fully saturated rings. The SMILES string of the molecule is Cc1cc(C2(C#N)CCN(C3CCC3)CC2)cc(N2CC3CC3C2)n1. The van der Waals surface area contributed by atoms with E-state index in [4.69, 9.17) is 4.98 Å². The Kier molecular flexibility index (Phi) is 3.57. The van der Waals surface area contributed by atoms with Crippen molar-refractivity contribution in [2.45, 2.75) is 56.9 Å². The summed E-state index contributed by atoms with van der Waals surface area (Å²) >= 11 is 0. The van der Waals surface area contributed by atoms with E-state index in [0.29, 0.717) is 0 Å². The molecule has 4 nitrogen and oxygen atoms in total. The number of hydrogen-bond acceptors (Lipinski definition) is 4. The Labute approximate surface area is 150 Å². The number of hydrogen-bond donors (Lipinski definition) is 0. The second kappa shape index (κ2) is 5.71. The van der Waals surface area contributed by atoms with E-state index in [0.717, 1.165) is 68.4 Å². The molecule has 2 saturated heterocycles. The molecular weight excluding hydrogens is 308 g/mol. The zero-order valence-corrected chi connectivity index (χ0v) is 15.2. The number of nitriles is 1. The zero-order chi connectivity index (χ0) is 17.0. The second-order valence-electron chi connectivity index (χ2n) is 8.83. The fourth-order valence-electron chi connectivity index (χ4n) is 5.16. The summed E-state index contributed by atoms with van der Waals surface area (Å²) in [6, 6.07) is 7.92. The highest BCUT2D eigenvalue weighted by Gasteiger charge is 2.46. The first-order valence-electron chi connectivity index (χ1n) is 10.1.